The average molecular weight is 274 g/mol. The van der Waals surface area contributed by atoms with E-state index in [0.29, 0.717) is 13.2 Å². The monoisotopic (exact) mass is 274 g/mol. The van der Waals surface area contributed by atoms with Crippen LogP contribution in [0.4, 0.5) is 0 Å². The van der Waals surface area contributed by atoms with Crippen molar-refractivity contribution in [1.82, 2.24) is 9.88 Å². The molecule has 1 fully saturated rings. The first-order chi connectivity index (χ1) is 9.72. The second-order valence-electron chi connectivity index (χ2n) is 5.20. The van der Waals surface area contributed by atoms with E-state index in [2.05, 4.69) is 28.1 Å². The minimum atomic E-state index is -0.772. The number of fused-ring (bicyclic) bond motifs is 1. The summed E-state index contributed by atoms with van der Waals surface area (Å²) in [4.78, 5) is 16.3. The first-order valence-electron chi connectivity index (χ1n) is 6.82. The van der Waals surface area contributed by atoms with Gasteiger partial charge in [0.05, 0.1) is 19.6 Å². The molecule has 5 nitrogen and oxygen atoms in total. The molecule has 0 unspecified atom stereocenters. The van der Waals surface area contributed by atoms with Crippen LogP contribution in [0, 0.1) is 0 Å². The summed E-state index contributed by atoms with van der Waals surface area (Å²) in [6, 6.07) is 8.32. The zero-order chi connectivity index (χ0) is 13.9. The van der Waals surface area contributed by atoms with E-state index in [1.54, 1.807) is 0 Å². The third kappa shape index (κ3) is 2.84. The van der Waals surface area contributed by atoms with E-state index in [4.69, 9.17) is 9.84 Å². The van der Waals surface area contributed by atoms with Gasteiger partial charge in [-0.3, -0.25) is 9.69 Å². The highest BCUT2D eigenvalue weighted by Crippen LogP contribution is 2.19. The second kappa shape index (κ2) is 5.64. The van der Waals surface area contributed by atoms with Crippen LogP contribution in [0.1, 0.15) is 12.0 Å². The number of nitrogens with zero attached hydrogens (tertiary/aromatic N) is 1. The Labute approximate surface area is 117 Å². The molecule has 1 aromatic carbocycles. The summed E-state index contributed by atoms with van der Waals surface area (Å²) in [5.41, 5.74) is 2.33. The summed E-state index contributed by atoms with van der Waals surface area (Å²) in [6.07, 6.45) is 2.06. The molecule has 1 aromatic heterocycles. The van der Waals surface area contributed by atoms with Gasteiger partial charge >= 0.3 is 5.97 Å². The SMILES string of the molecule is O=C(O)C[C@@H]1COCCN1Cc1ccc2[nH]ccc2c1. The Balaban J connectivity index is 1.75. The molecular formula is C15H18N2O3. The Bertz CT molecular complexity index is 608. The van der Waals surface area contributed by atoms with Gasteiger partial charge in [-0.1, -0.05) is 6.07 Å². The average Bonchev–Trinajstić information content (AvgIpc) is 2.88. The number of hydrogen-bond acceptors (Lipinski definition) is 3. The number of carboxylic acids is 1. The molecule has 2 heterocycles. The summed E-state index contributed by atoms with van der Waals surface area (Å²) in [5.74, 6) is -0.772. The quantitative estimate of drug-likeness (QED) is 0.893. The maximum absolute atomic E-state index is 10.9. The topological polar surface area (TPSA) is 65.6 Å². The number of benzene rings is 1. The maximum Gasteiger partial charge on any atom is 0.305 e. The molecule has 0 saturated carbocycles. The van der Waals surface area contributed by atoms with Gasteiger partial charge in [0.15, 0.2) is 0 Å². The van der Waals surface area contributed by atoms with E-state index in [1.807, 2.05) is 12.3 Å². The number of carbonyl (C=O) groups is 1. The van der Waals surface area contributed by atoms with E-state index < -0.39 is 5.97 Å². The zero-order valence-electron chi connectivity index (χ0n) is 11.2. The third-order valence-electron chi connectivity index (χ3n) is 3.76. The van der Waals surface area contributed by atoms with Gasteiger partial charge in [0.25, 0.3) is 0 Å². The van der Waals surface area contributed by atoms with Crippen LogP contribution in [-0.2, 0) is 16.1 Å². The summed E-state index contributed by atoms with van der Waals surface area (Å²) >= 11 is 0. The molecule has 20 heavy (non-hydrogen) atoms. The molecule has 2 aromatic rings. The first-order valence-corrected chi connectivity index (χ1v) is 6.82. The lowest BCUT2D eigenvalue weighted by Crippen LogP contribution is -2.45. The summed E-state index contributed by atoms with van der Waals surface area (Å²) in [7, 11) is 0. The van der Waals surface area contributed by atoms with Gasteiger partial charge in [0.1, 0.15) is 0 Å². The molecule has 0 aliphatic carbocycles. The summed E-state index contributed by atoms with van der Waals surface area (Å²) < 4.78 is 5.40. The summed E-state index contributed by atoms with van der Waals surface area (Å²) in [5, 5.41) is 10.2. The Morgan fingerprint density at radius 2 is 2.35 bits per heavy atom. The number of rotatable bonds is 4. The van der Waals surface area contributed by atoms with Crippen molar-refractivity contribution in [2.75, 3.05) is 19.8 Å². The molecule has 1 atom stereocenters. The zero-order valence-corrected chi connectivity index (χ0v) is 11.2. The molecule has 106 valence electrons. The Morgan fingerprint density at radius 1 is 1.45 bits per heavy atom. The fraction of sp³-hybridized carbons (Fsp3) is 0.400. The fourth-order valence-corrected chi connectivity index (χ4v) is 2.72. The fourth-order valence-electron chi connectivity index (χ4n) is 2.72. The lowest BCUT2D eigenvalue weighted by atomic mass is 10.1. The Hall–Kier alpha value is -1.85. The Kier molecular flexibility index (Phi) is 3.71. The molecule has 1 aliphatic heterocycles. The minimum Gasteiger partial charge on any atom is -0.481 e. The molecule has 1 aliphatic rings. The molecular weight excluding hydrogens is 256 g/mol. The number of carboxylic acid groups (broad SMARTS) is 1. The number of morpholine rings is 1. The standard InChI is InChI=1S/C15H18N2O3/c18-15(19)8-13-10-20-6-5-17(13)9-11-1-2-14-12(7-11)3-4-16-14/h1-4,7,13,16H,5-6,8-10H2,(H,18,19)/t13-/m1/s1. The largest absolute Gasteiger partial charge is 0.481 e. The number of aliphatic carboxylic acids is 1. The molecule has 0 spiro atoms. The van der Waals surface area contributed by atoms with Crippen LogP contribution in [0.5, 0.6) is 0 Å². The van der Waals surface area contributed by atoms with Gasteiger partial charge < -0.3 is 14.8 Å². The molecule has 5 heteroatoms. The van der Waals surface area contributed by atoms with E-state index >= 15 is 0 Å². The van der Waals surface area contributed by atoms with Crippen molar-refractivity contribution >= 4 is 16.9 Å². The van der Waals surface area contributed by atoms with Crippen molar-refractivity contribution < 1.29 is 14.6 Å². The van der Waals surface area contributed by atoms with Gasteiger partial charge in [-0.05, 0) is 29.1 Å². The van der Waals surface area contributed by atoms with Crippen molar-refractivity contribution in [2.24, 2.45) is 0 Å². The number of aromatic amines is 1. The van der Waals surface area contributed by atoms with Crippen LogP contribution in [-0.4, -0.2) is 46.8 Å². The van der Waals surface area contributed by atoms with Gasteiger partial charge in [0.2, 0.25) is 0 Å². The predicted molar refractivity (Wildman–Crippen MR) is 75.6 cm³/mol. The highest BCUT2D eigenvalue weighted by molar-refractivity contribution is 5.79. The smallest absolute Gasteiger partial charge is 0.305 e. The maximum atomic E-state index is 10.9. The van der Waals surface area contributed by atoms with Gasteiger partial charge in [-0.2, -0.15) is 0 Å². The molecule has 0 bridgehead atoms. The third-order valence-corrected chi connectivity index (χ3v) is 3.76. The van der Waals surface area contributed by atoms with Crippen molar-refractivity contribution in [3.8, 4) is 0 Å². The van der Waals surface area contributed by atoms with E-state index in [-0.39, 0.29) is 12.5 Å². The number of H-pyrrole nitrogens is 1. The molecule has 3 rings (SSSR count). The normalized spacial score (nSPS) is 20.3. The van der Waals surface area contributed by atoms with E-state index in [9.17, 15) is 4.79 Å². The van der Waals surface area contributed by atoms with Crippen LogP contribution >= 0.6 is 0 Å². The lowest BCUT2D eigenvalue weighted by molar-refractivity contribution is -0.140. The van der Waals surface area contributed by atoms with Gasteiger partial charge in [-0.25, -0.2) is 0 Å². The van der Waals surface area contributed by atoms with Gasteiger partial charge in [-0.15, -0.1) is 0 Å². The lowest BCUT2D eigenvalue weighted by Gasteiger charge is -2.34. The first kappa shape index (κ1) is 13.1. The van der Waals surface area contributed by atoms with Crippen LogP contribution in [0.15, 0.2) is 30.5 Å². The van der Waals surface area contributed by atoms with E-state index in [0.717, 1.165) is 18.6 Å². The van der Waals surface area contributed by atoms with Crippen molar-refractivity contribution in [3.63, 3.8) is 0 Å². The number of nitrogens with one attached hydrogen (secondary N) is 1. The number of aromatic nitrogens is 1. The molecule has 0 radical (unpaired) electrons. The van der Waals surface area contributed by atoms with Crippen LogP contribution in [0.3, 0.4) is 0 Å². The number of ether oxygens (including phenoxy) is 1. The van der Waals surface area contributed by atoms with Gasteiger partial charge in [0, 0.05) is 30.8 Å². The van der Waals surface area contributed by atoms with Crippen molar-refractivity contribution in [3.05, 3.63) is 36.0 Å². The van der Waals surface area contributed by atoms with Crippen LogP contribution < -0.4 is 0 Å². The minimum absolute atomic E-state index is 0.0387. The predicted octanol–water partition coefficient (Wildman–Crippen LogP) is 1.84. The molecule has 0 amide bonds. The van der Waals surface area contributed by atoms with E-state index in [1.165, 1.54) is 10.9 Å². The highest BCUT2D eigenvalue weighted by atomic mass is 16.5. The molecule has 1 saturated heterocycles. The summed E-state index contributed by atoms with van der Waals surface area (Å²) in [6.45, 7) is 2.72. The second-order valence-corrected chi connectivity index (χ2v) is 5.20. The molecule has 2 N–H and O–H groups in total. The van der Waals surface area contributed by atoms with Crippen LogP contribution in [0.2, 0.25) is 0 Å². The van der Waals surface area contributed by atoms with Crippen molar-refractivity contribution in [2.45, 2.75) is 19.0 Å². The number of hydrogen-bond donors (Lipinski definition) is 2. The van der Waals surface area contributed by atoms with Crippen molar-refractivity contribution in [1.29, 1.82) is 0 Å². The highest BCUT2D eigenvalue weighted by Gasteiger charge is 2.25. The Morgan fingerprint density at radius 3 is 3.20 bits per heavy atom. The van der Waals surface area contributed by atoms with Crippen LogP contribution in [0.25, 0.3) is 10.9 Å².